The molecule has 0 amide bonds. The van der Waals surface area contributed by atoms with Crippen LogP contribution in [-0.2, 0) is 13.6 Å². The summed E-state index contributed by atoms with van der Waals surface area (Å²) in [5.74, 6) is 3.08. The Morgan fingerprint density at radius 3 is 2.73 bits per heavy atom. The van der Waals surface area contributed by atoms with Gasteiger partial charge in [0.15, 0.2) is 17.2 Å². The van der Waals surface area contributed by atoms with Crippen molar-refractivity contribution in [3.8, 4) is 0 Å². The monoisotopic (exact) mass is 300 g/mol. The molecule has 0 aliphatic heterocycles. The van der Waals surface area contributed by atoms with Crippen LogP contribution in [0.4, 0.5) is 5.82 Å². The quantitative estimate of drug-likeness (QED) is 0.720. The van der Waals surface area contributed by atoms with Gasteiger partial charge in [-0.05, 0) is 13.3 Å². The zero-order chi connectivity index (χ0) is 15.7. The van der Waals surface area contributed by atoms with Crippen LogP contribution in [0.3, 0.4) is 0 Å². The number of oxazole rings is 1. The summed E-state index contributed by atoms with van der Waals surface area (Å²) in [4.78, 5) is 20.0. The van der Waals surface area contributed by atoms with Crippen molar-refractivity contribution in [2.45, 2.75) is 33.7 Å². The average molecular weight is 300 g/mol. The third-order valence-corrected chi connectivity index (χ3v) is 3.51. The van der Waals surface area contributed by atoms with Gasteiger partial charge in [-0.2, -0.15) is 4.98 Å². The molecule has 22 heavy (non-hydrogen) atoms. The van der Waals surface area contributed by atoms with Crippen LogP contribution in [0, 0.1) is 13.8 Å². The number of aromatic nitrogens is 5. The minimum Gasteiger partial charge on any atom is -0.422 e. The molecule has 0 aliphatic rings. The lowest BCUT2D eigenvalue weighted by atomic mass is 10.3. The van der Waals surface area contributed by atoms with Crippen LogP contribution in [0.25, 0.3) is 11.2 Å². The van der Waals surface area contributed by atoms with Gasteiger partial charge in [-0.15, -0.1) is 0 Å². The van der Waals surface area contributed by atoms with Gasteiger partial charge in [0.25, 0.3) is 5.71 Å². The van der Waals surface area contributed by atoms with Gasteiger partial charge in [0.2, 0.25) is 0 Å². The molecule has 7 nitrogen and oxygen atoms in total. The maximum Gasteiger partial charge on any atom is 0.252 e. The maximum atomic E-state index is 5.57. The maximum absolute atomic E-state index is 5.57. The summed E-state index contributed by atoms with van der Waals surface area (Å²) in [5.41, 5.74) is 1.26. The van der Waals surface area contributed by atoms with Crippen molar-refractivity contribution in [1.82, 2.24) is 24.5 Å². The van der Waals surface area contributed by atoms with E-state index in [0.717, 1.165) is 24.6 Å². The van der Waals surface area contributed by atoms with E-state index in [0.29, 0.717) is 29.5 Å². The predicted molar refractivity (Wildman–Crippen MR) is 83.6 cm³/mol. The van der Waals surface area contributed by atoms with Crippen LogP contribution in [-0.4, -0.2) is 31.0 Å². The zero-order valence-electron chi connectivity index (χ0n) is 13.4. The molecule has 0 bridgehead atoms. The summed E-state index contributed by atoms with van der Waals surface area (Å²) in [6.45, 7) is 7.37. The van der Waals surface area contributed by atoms with E-state index in [9.17, 15) is 0 Å². The average Bonchev–Trinajstić information content (AvgIpc) is 3.03. The molecular formula is C15H20N6O. The molecule has 3 rings (SSSR count). The van der Waals surface area contributed by atoms with Gasteiger partial charge in [0.05, 0.1) is 6.54 Å². The summed E-state index contributed by atoms with van der Waals surface area (Å²) >= 11 is 0. The minimum absolute atomic E-state index is 0.543. The molecule has 0 fully saturated rings. The van der Waals surface area contributed by atoms with Crippen molar-refractivity contribution in [3.63, 3.8) is 0 Å². The molecule has 3 aromatic heterocycles. The molecule has 3 heterocycles. The van der Waals surface area contributed by atoms with Gasteiger partial charge in [-0.25, -0.2) is 15.0 Å². The fraction of sp³-hybridized carbons (Fsp3) is 0.467. The van der Waals surface area contributed by atoms with Crippen molar-refractivity contribution in [2.24, 2.45) is 7.05 Å². The lowest BCUT2D eigenvalue weighted by Crippen LogP contribution is -2.26. The molecule has 0 saturated heterocycles. The Kier molecular flexibility index (Phi) is 3.79. The fourth-order valence-electron chi connectivity index (χ4n) is 2.49. The number of fused-ring (bicyclic) bond motifs is 1. The lowest BCUT2D eigenvalue weighted by Gasteiger charge is -2.23. The SMILES string of the molecule is CCCN(Cc1nccn1C)c1nc(C)nc2oc(C)nc12. The van der Waals surface area contributed by atoms with Gasteiger partial charge in [-0.3, -0.25) is 0 Å². The first-order valence-electron chi connectivity index (χ1n) is 7.41. The van der Waals surface area contributed by atoms with E-state index in [1.165, 1.54) is 0 Å². The molecular weight excluding hydrogens is 280 g/mol. The summed E-state index contributed by atoms with van der Waals surface area (Å²) in [6, 6.07) is 0. The third-order valence-electron chi connectivity index (χ3n) is 3.51. The minimum atomic E-state index is 0.543. The van der Waals surface area contributed by atoms with Crippen molar-refractivity contribution in [3.05, 3.63) is 29.9 Å². The van der Waals surface area contributed by atoms with E-state index in [2.05, 4.69) is 31.8 Å². The second-order valence-electron chi connectivity index (χ2n) is 5.36. The Bertz CT molecular complexity index is 791. The topological polar surface area (TPSA) is 72.9 Å². The molecule has 0 unspecified atom stereocenters. The van der Waals surface area contributed by atoms with Crippen LogP contribution in [0.1, 0.15) is 30.9 Å². The zero-order valence-corrected chi connectivity index (χ0v) is 13.4. The smallest absolute Gasteiger partial charge is 0.252 e. The fourth-order valence-corrected chi connectivity index (χ4v) is 2.49. The number of aryl methyl sites for hydroxylation is 3. The Morgan fingerprint density at radius 2 is 2.05 bits per heavy atom. The number of rotatable bonds is 5. The van der Waals surface area contributed by atoms with Crippen molar-refractivity contribution in [1.29, 1.82) is 0 Å². The highest BCUT2D eigenvalue weighted by atomic mass is 16.4. The highest BCUT2D eigenvalue weighted by molar-refractivity contribution is 5.81. The molecule has 0 N–H and O–H groups in total. The number of hydrogen-bond acceptors (Lipinski definition) is 6. The predicted octanol–water partition coefficient (Wildman–Crippen LogP) is 2.38. The number of imidazole rings is 1. The molecule has 0 saturated carbocycles. The van der Waals surface area contributed by atoms with Crippen molar-refractivity contribution >= 4 is 17.0 Å². The summed E-state index contributed by atoms with van der Waals surface area (Å²) in [5, 5.41) is 0. The first-order valence-corrected chi connectivity index (χ1v) is 7.41. The summed E-state index contributed by atoms with van der Waals surface area (Å²) in [7, 11) is 1.99. The van der Waals surface area contributed by atoms with Gasteiger partial charge >= 0.3 is 0 Å². The second-order valence-corrected chi connectivity index (χ2v) is 5.36. The van der Waals surface area contributed by atoms with Crippen LogP contribution in [0.2, 0.25) is 0 Å². The molecule has 0 spiro atoms. The van der Waals surface area contributed by atoms with E-state index >= 15 is 0 Å². The van der Waals surface area contributed by atoms with Crippen molar-refractivity contribution < 1.29 is 4.42 Å². The highest BCUT2D eigenvalue weighted by Gasteiger charge is 2.19. The van der Waals surface area contributed by atoms with Crippen LogP contribution in [0.5, 0.6) is 0 Å². The van der Waals surface area contributed by atoms with E-state index < -0.39 is 0 Å². The Balaban J connectivity index is 2.06. The van der Waals surface area contributed by atoms with Gasteiger partial charge < -0.3 is 13.9 Å². The standard InChI is InChI=1S/C15H20N6O/c1-5-7-21(9-12-16-6-8-20(12)4)14-13-15(18-10(2)17-14)22-11(3)19-13/h6,8H,5,7,9H2,1-4H3. The highest BCUT2D eigenvalue weighted by Crippen LogP contribution is 2.25. The molecule has 0 aliphatic carbocycles. The van der Waals surface area contributed by atoms with Gasteiger partial charge in [0.1, 0.15) is 11.6 Å². The normalized spacial score (nSPS) is 11.3. The molecule has 7 heteroatoms. The van der Waals surface area contributed by atoms with Crippen molar-refractivity contribution in [2.75, 3.05) is 11.4 Å². The van der Waals surface area contributed by atoms with Crippen LogP contribution in [0.15, 0.2) is 16.8 Å². The molecule has 116 valence electrons. The third kappa shape index (κ3) is 2.66. The number of nitrogens with zero attached hydrogens (tertiary/aromatic N) is 6. The van der Waals surface area contributed by atoms with Crippen LogP contribution >= 0.6 is 0 Å². The van der Waals surface area contributed by atoms with E-state index in [1.54, 1.807) is 6.20 Å². The number of anilines is 1. The number of hydrogen-bond donors (Lipinski definition) is 0. The van der Waals surface area contributed by atoms with Crippen LogP contribution < -0.4 is 4.90 Å². The van der Waals surface area contributed by atoms with Gasteiger partial charge in [-0.1, -0.05) is 6.92 Å². The Morgan fingerprint density at radius 1 is 1.23 bits per heavy atom. The second kappa shape index (κ2) is 5.75. The molecule has 0 radical (unpaired) electrons. The summed E-state index contributed by atoms with van der Waals surface area (Å²) in [6.07, 6.45) is 4.76. The molecule has 0 atom stereocenters. The Labute approximate surface area is 129 Å². The molecule has 0 aromatic carbocycles. The van der Waals surface area contributed by atoms with Gasteiger partial charge in [0, 0.05) is 32.9 Å². The van der Waals surface area contributed by atoms with E-state index in [-0.39, 0.29) is 0 Å². The molecule has 3 aromatic rings. The van der Waals surface area contributed by atoms with E-state index in [4.69, 9.17) is 4.42 Å². The lowest BCUT2D eigenvalue weighted by molar-refractivity contribution is 0.550. The largest absolute Gasteiger partial charge is 0.422 e. The van der Waals surface area contributed by atoms with E-state index in [1.807, 2.05) is 31.7 Å². The first-order chi connectivity index (χ1) is 10.6. The summed E-state index contributed by atoms with van der Waals surface area (Å²) < 4.78 is 7.58. The Hall–Kier alpha value is -2.44. The first kappa shape index (κ1) is 14.5.